The molecule has 0 radical (unpaired) electrons. The molecule has 2 N–H and O–H groups in total. The number of nitrogens with zero attached hydrogens (tertiary/aromatic N) is 2. The normalized spacial score (nSPS) is 24.0. The van der Waals surface area contributed by atoms with Gasteiger partial charge in [0.2, 0.25) is 0 Å². The topological polar surface area (TPSA) is 32.5 Å². The van der Waals surface area contributed by atoms with Crippen LogP contribution in [0.15, 0.2) is 0 Å². The van der Waals surface area contributed by atoms with E-state index < -0.39 is 0 Å². The first-order chi connectivity index (χ1) is 6.63. The number of likely N-dealkylation sites (tertiary alicyclic amines) is 1. The molecule has 1 aliphatic heterocycles. The third-order valence-corrected chi connectivity index (χ3v) is 3.24. The van der Waals surface area contributed by atoms with Crippen molar-refractivity contribution < 1.29 is 0 Å². The lowest BCUT2D eigenvalue weighted by Gasteiger charge is -2.24. The van der Waals surface area contributed by atoms with Gasteiger partial charge in [0.1, 0.15) is 0 Å². The number of nitrogens with two attached hydrogens (primary N) is 1. The van der Waals surface area contributed by atoms with Gasteiger partial charge in [0, 0.05) is 32.2 Å². The Balaban J connectivity index is 2.21. The molecule has 1 rings (SSSR count). The lowest BCUT2D eigenvalue weighted by molar-refractivity contribution is 0.226. The smallest absolute Gasteiger partial charge is 0.0105 e. The fourth-order valence-corrected chi connectivity index (χ4v) is 2.07. The Labute approximate surface area is 88.2 Å². The van der Waals surface area contributed by atoms with Crippen molar-refractivity contribution in [3.63, 3.8) is 0 Å². The summed E-state index contributed by atoms with van der Waals surface area (Å²) in [6.45, 7) is 10.1. The molecule has 1 aliphatic rings. The Morgan fingerprint density at radius 2 is 2.21 bits per heavy atom. The molecule has 1 heterocycles. The highest BCUT2D eigenvalue weighted by atomic mass is 15.2. The first-order valence-electron chi connectivity index (χ1n) is 5.76. The van der Waals surface area contributed by atoms with Crippen LogP contribution in [0.2, 0.25) is 0 Å². The van der Waals surface area contributed by atoms with Crippen molar-refractivity contribution in [2.45, 2.75) is 26.3 Å². The van der Waals surface area contributed by atoms with Crippen LogP contribution in [0.25, 0.3) is 0 Å². The van der Waals surface area contributed by atoms with Gasteiger partial charge in [0.25, 0.3) is 0 Å². The van der Waals surface area contributed by atoms with Gasteiger partial charge >= 0.3 is 0 Å². The average Bonchev–Trinajstić information content (AvgIpc) is 2.53. The van der Waals surface area contributed by atoms with Gasteiger partial charge in [-0.1, -0.05) is 0 Å². The maximum absolute atomic E-state index is 5.55. The summed E-state index contributed by atoms with van der Waals surface area (Å²) >= 11 is 0. The second-order valence-corrected chi connectivity index (χ2v) is 4.78. The van der Waals surface area contributed by atoms with Crippen LogP contribution < -0.4 is 5.73 Å². The molecule has 0 aromatic carbocycles. The van der Waals surface area contributed by atoms with Crippen LogP contribution in [-0.4, -0.2) is 55.6 Å². The molecule has 0 aromatic rings. The molecular weight excluding hydrogens is 174 g/mol. The fraction of sp³-hybridized carbons (Fsp3) is 1.00. The minimum absolute atomic E-state index is 0.665. The molecule has 0 aromatic heterocycles. The van der Waals surface area contributed by atoms with E-state index in [1.165, 1.54) is 26.1 Å². The van der Waals surface area contributed by atoms with Crippen LogP contribution in [0.3, 0.4) is 0 Å². The number of rotatable bonds is 5. The van der Waals surface area contributed by atoms with Crippen LogP contribution in [0.4, 0.5) is 0 Å². The van der Waals surface area contributed by atoms with Crippen molar-refractivity contribution in [2.75, 3.05) is 39.8 Å². The summed E-state index contributed by atoms with van der Waals surface area (Å²) in [4.78, 5) is 4.93. The first kappa shape index (κ1) is 12.0. The zero-order chi connectivity index (χ0) is 10.6. The monoisotopic (exact) mass is 199 g/mol. The van der Waals surface area contributed by atoms with E-state index in [2.05, 4.69) is 30.7 Å². The van der Waals surface area contributed by atoms with Crippen molar-refractivity contribution in [3.8, 4) is 0 Å². The molecule has 3 nitrogen and oxygen atoms in total. The molecule has 14 heavy (non-hydrogen) atoms. The van der Waals surface area contributed by atoms with E-state index in [1.807, 2.05) is 0 Å². The SMILES string of the molecule is CC(C)N(C)C[C@@H]1CCN(CCN)C1. The highest BCUT2D eigenvalue weighted by Gasteiger charge is 2.23. The molecular formula is C11H25N3. The molecule has 0 aliphatic carbocycles. The third kappa shape index (κ3) is 3.56. The molecule has 0 saturated carbocycles. The molecule has 0 bridgehead atoms. The number of hydrogen-bond acceptors (Lipinski definition) is 3. The quantitative estimate of drug-likeness (QED) is 0.704. The van der Waals surface area contributed by atoms with Gasteiger partial charge in [-0.3, -0.25) is 0 Å². The van der Waals surface area contributed by atoms with E-state index in [1.54, 1.807) is 0 Å². The van der Waals surface area contributed by atoms with Crippen molar-refractivity contribution >= 4 is 0 Å². The molecule has 1 atom stereocenters. The van der Waals surface area contributed by atoms with Crippen LogP contribution in [-0.2, 0) is 0 Å². The highest BCUT2D eigenvalue weighted by molar-refractivity contribution is 4.78. The summed E-state index contributed by atoms with van der Waals surface area (Å²) in [6.07, 6.45) is 1.34. The van der Waals surface area contributed by atoms with Crippen LogP contribution in [0.1, 0.15) is 20.3 Å². The lowest BCUT2D eigenvalue weighted by Crippen LogP contribution is -2.33. The fourth-order valence-electron chi connectivity index (χ4n) is 2.07. The molecule has 0 spiro atoms. The Morgan fingerprint density at radius 1 is 1.50 bits per heavy atom. The second-order valence-electron chi connectivity index (χ2n) is 4.78. The summed E-state index contributed by atoms with van der Waals surface area (Å²) in [7, 11) is 2.22. The standard InChI is InChI=1S/C11H25N3/c1-10(2)13(3)8-11-4-6-14(9-11)7-5-12/h10-11H,4-9,12H2,1-3H3/t11-/m0/s1. The van der Waals surface area contributed by atoms with Crippen LogP contribution >= 0.6 is 0 Å². The Morgan fingerprint density at radius 3 is 2.79 bits per heavy atom. The highest BCUT2D eigenvalue weighted by Crippen LogP contribution is 2.17. The van der Waals surface area contributed by atoms with Gasteiger partial charge in [0.05, 0.1) is 0 Å². The minimum Gasteiger partial charge on any atom is -0.329 e. The summed E-state index contributed by atoms with van der Waals surface area (Å²) in [6, 6.07) is 0.665. The molecule has 0 amide bonds. The van der Waals surface area contributed by atoms with Gasteiger partial charge in [0.15, 0.2) is 0 Å². The van der Waals surface area contributed by atoms with E-state index in [0.717, 1.165) is 19.0 Å². The molecule has 0 unspecified atom stereocenters. The maximum Gasteiger partial charge on any atom is 0.0105 e. The van der Waals surface area contributed by atoms with Crippen molar-refractivity contribution in [2.24, 2.45) is 11.7 Å². The summed E-state index contributed by atoms with van der Waals surface area (Å²) in [5.41, 5.74) is 5.55. The molecule has 3 heteroatoms. The molecule has 1 fully saturated rings. The Hall–Kier alpha value is -0.120. The average molecular weight is 199 g/mol. The van der Waals surface area contributed by atoms with Gasteiger partial charge in [-0.15, -0.1) is 0 Å². The maximum atomic E-state index is 5.55. The first-order valence-corrected chi connectivity index (χ1v) is 5.76. The van der Waals surface area contributed by atoms with Gasteiger partial charge in [-0.25, -0.2) is 0 Å². The zero-order valence-corrected chi connectivity index (χ0v) is 9.87. The lowest BCUT2D eigenvalue weighted by atomic mass is 10.1. The predicted octanol–water partition coefficient (Wildman–Crippen LogP) is 0.607. The second kappa shape index (κ2) is 5.69. The predicted molar refractivity (Wildman–Crippen MR) is 61.4 cm³/mol. The molecule has 84 valence electrons. The van der Waals surface area contributed by atoms with Crippen LogP contribution in [0, 0.1) is 5.92 Å². The van der Waals surface area contributed by atoms with Crippen molar-refractivity contribution in [3.05, 3.63) is 0 Å². The summed E-state index contributed by atoms with van der Waals surface area (Å²) < 4.78 is 0. The van der Waals surface area contributed by atoms with Gasteiger partial charge < -0.3 is 15.5 Å². The summed E-state index contributed by atoms with van der Waals surface area (Å²) in [5.74, 6) is 0.856. The third-order valence-electron chi connectivity index (χ3n) is 3.24. The molecule has 1 saturated heterocycles. The van der Waals surface area contributed by atoms with Crippen LogP contribution in [0.5, 0.6) is 0 Å². The zero-order valence-electron chi connectivity index (χ0n) is 9.87. The van der Waals surface area contributed by atoms with Crippen molar-refractivity contribution in [1.29, 1.82) is 0 Å². The van der Waals surface area contributed by atoms with Crippen molar-refractivity contribution in [1.82, 2.24) is 9.80 Å². The largest absolute Gasteiger partial charge is 0.329 e. The van der Waals surface area contributed by atoms with E-state index in [9.17, 15) is 0 Å². The van der Waals surface area contributed by atoms with E-state index >= 15 is 0 Å². The van der Waals surface area contributed by atoms with E-state index in [0.29, 0.717) is 6.04 Å². The van der Waals surface area contributed by atoms with Gasteiger partial charge in [-0.2, -0.15) is 0 Å². The minimum atomic E-state index is 0.665. The van der Waals surface area contributed by atoms with E-state index in [-0.39, 0.29) is 0 Å². The Kier molecular flexibility index (Phi) is 4.85. The Bertz CT molecular complexity index is 159. The van der Waals surface area contributed by atoms with E-state index in [4.69, 9.17) is 5.73 Å². The van der Waals surface area contributed by atoms with Gasteiger partial charge in [-0.05, 0) is 39.8 Å². The number of hydrogen-bond donors (Lipinski definition) is 1. The summed E-state index contributed by atoms with van der Waals surface area (Å²) in [5, 5.41) is 0.